The van der Waals surface area contributed by atoms with E-state index in [0.717, 1.165) is 5.56 Å². The molecule has 1 heteroatoms. The van der Waals surface area contributed by atoms with Crippen LogP contribution in [0.5, 0.6) is 0 Å². The number of hydrogen-bond donors (Lipinski definition) is 0. The van der Waals surface area contributed by atoms with Crippen molar-refractivity contribution in [1.29, 1.82) is 0 Å². The van der Waals surface area contributed by atoms with Crippen LogP contribution in [-0.2, 0) is 10.3 Å². The summed E-state index contributed by atoms with van der Waals surface area (Å²) >= 11 is 0. The van der Waals surface area contributed by atoms with Crippen LogP contribution in [0.1, 0.15) is 12.5 Å². The Morgan fingerprint density at radius 3 is 2.64 bits per heavy atom. The minimum Gasteiger partial charge on any atom is -0.354 e. The van der Waals surface area contributed by atoms with Gasteiger partial charge >= 0.3 is 0 Å². The highest BCUT2D eigenvalue weighted by molar-refractivity contribution is 5.29. The third-order valence-electron chi connectivity index (χ3n) is 2.09. The van der Waals surface area contributed by atoms with Crippen molar-refractivity contribution >= 4 is 0 Å². The van der Waals surface area contributed by atoms with E-state index in [1.165, 1.54) is 0 Å². The van der Waals surface area contributed by atoms with E-state index < -0.39 is 5.60 Å². The van der Waals surface area contributed by atoms with Gasteiger partial charge in [-0.2, -0.15) is 0 Å². The Hall–Kier alpha value is -1.52. The first-order valence-corrected chi connectivity index (χ1v) is 4.51. The van der Waals surface area contributed by atoms with E-state index in [1.54, 1.807) is 6.08 Å². The zero-order valence-corrected chi connectivity index (χ0v) is 8.36. The number of ether oxygens (including phenoxy) is 1. The second-order valence-electron chi connectivity index (χ2n) is 3.14. The van der Waals surface area contributed by atoms with Gasteiger partial charge in [-0.3, -0.25) is 0 Å². The van der Waals surface area contributed by atoms with E-state index in [2.05, 4.69) is 12.5 Å². The van der Waals surface area contributed by atoms with Crippen molar-refractivity contribution in [3.63, 3.8) is 0 Å². The summed E-state index contributed by atoms with van der Waals surface area (Å²) in [5.74, 6) is 2.66. The standard InChI is InChI=1S/C13H14O/c1-4-11-14-13(3,5-2)12-9-7-6-8-10-12/h2,4,6-10H,1,11H2,3H3. The van der Waals surface area contributed by atoms with Crippen molar-refractivity contribution in [2.24, 2.45) is 0 Å². The highest BCUT2D eigenvalue weighted by Crippen LogP contribution is 2.23. The third kappa shape index (κ3) is 2.25. The van der Waals surface area contributed by atoms with Crippen molar-refractivity contribution in [2.45, 2.75) is 12.5 Å². The molecule has 1 nitrogen and oxygen atoms in total. The van der Waals surface area contributed by atoms with Crippen LogP contribution in [-0.4, -0.2) is 6.61 Å². The summed E-state index contributed by atoms with van der Waals surface area (Å²) in [4.78, 5) is 0. The van der Waals surface area contributed by atoms with Gasteiger partial charge in [-0.25, -0.2) is 0 Å². The molecule has 0 fully saturated rings. The van der Waals surface area contributed by atoms with Gasteiger partial charge in [0.2, 0.25) is 0 Å². The fraction of sp³-hybridized carbons (Fsp3) is 0.231. The minimum atomic E-state index is -0.657. The van der Waals surface area contributed by atoms with Crippen molar-refractivity contribution in [2.75, 3.05) is 6.61 Å². The summed E-state index contributed by atoms with van der Waals surface area (Å²) in [5, 5.41) is 0. The molecule has 1 atom stereocenters. The van der Waals surface area contributed by atoms with E-state index in [-0.39, 0.29) is 0 Å². The quantitative estimate of drug-likeness (QED) is 0.519. The Bertz CT molecular complexity index is 334. The molecule has 1 aromatic carbocycles. The Kier molecular flexibility index (Phi) is 3.50. The largest absolute Gasteiger partial charge is 0.354 e. The van der Waals surface area contributed by atoms with Gasteiger partial charge in [0, 0.05) is 0 Å². The van der Waals surface area contributed by atoms with Gasteiger partial charge in [0.1, 0.15) is 0 Å². The fourth-order valence-electron chi connectivity index (χ4n) is 1.19. The fourth-order valence-corrected chi connectivity index (χ4v) is 1.19. The van der Waals surface area contributed by atoms with E-state index in [4.69, 9.17) is 11.2 Å². The molecular weight excluding hydrogens is 172 g/mol. The van der Waals surface area contributed by atoms with Gasteiger partial charge in [-0.15, -0.1) is 13.0 Å². The van der Waals surface area contributed by atoms with Crippen LogP contribution in [0.2, 0.25) is 0 Å². The van der Waals surface area contributed by atoms with Crippen molar-refractivity contribution in [3.8, 4) is 12.3 Å². The molecule has 0 heterocycles. The van der Waals surface area contributed by atoms with Gasteiger partial charge in [0.15, 0.2) is 5.60 Å². The summed E-state index contributed by atoms with van der Waals surface area (Å²) in [6.45, 7) is 5.93. The van der Waals surface area contributed by atoms with Gasteiger partial charge in [-0.1, -0.05) is 42.3 Å². The smallest absolute Gasteiger partial charge is 0.151 e. The Morgan fingerprint density at radius 1 is 1.50 bits per heavy atom. The van der Waals surface area contributed by atoms with Crippen LogP contribution in [0.15, 0.2) is 43.0 Å². The normalized spacial score (nSPS) is 14.0. The molecule has 0 aromatic heterocycles. The van der Waals surface area contributed by atoms with Crippen LogP contribution >= 0.6 is 0 Å². The average molecular weight is 186 g/mol. The summed E-state index contributed by atoms with van der Waals surface area (Å²) in [7, 11) is 0. The van der Waals surface area contributed by atoms with Gasteiger partial charge in [-0.05, 0) is 12.5 Å². The average Bonchev–Trinajstić information content (AvgIpc) is 2.27. The molecule has 0 aliphatic heterocycles. The third-order valence-corrected chi connectivity index (χ3v) is 2.09. The van der Waals surface area contributed by atoms with Crippen LogP contribution in [0.4, 0.5) is 0 Å². The molecular formula is C13H14O. The predicted molar refractivity (Wildman–Crippen MR) is 58.8 cm³/mol. The van der Waals surface area contributed by atoms with Crippen molar-refractivity contribution in [1.82, 2.24) is 0 Å². The van der Waals surface area contributed by atoms with Crippen LogP contribution < -0.4 is 0 Å². The molecule has 0 radical (unpaired) electrons. The van der Waals surface area contributed by atoms with Crippen LogP contribution in [0.3, 0.4) is 0 Å². The molecule has 1 rings (SSSR count). The minimum absolute atomic E-state index is 0.454. The zero-order valence-electron chi connectivity index (χ0n) is 8.36. The number of terminal acetylenes is 1. The molecule has 0 saturated heterocycles. The molecule has 0 spiro atoms. The van der Waals surface area contributed by atoms with Crippen molar-refractivity contribution in [3.05, 3.63) is 48.6 Å². The van der Waals surface area contributed by atoms with Crippen molar-refractivity contribution < 1.29 is 4.74 Å². The lowest BCUT2D eigenvalue weighted by Gasteiger charge is -2.23. The molecule has 1 aromatic rings. The molecule has 1 unspecified atom stereocenters. The second kappa shape index (κ2) is 4.64. The summed E-state index contributed by atoms with van der Waals surface area (Å²) < 4.78 is 5.56. The lowest BCUT2D eigenvalue weighted by molar-refractivity contribution is 0.0290. The zero-order chi connectivity index (χ0) is 10.4. The summed E-state index contributed by atoms with van der Waals surface area (Å²) in [5.41, 5.74) is 0.333. The maximum atomic E-state index is 5.56. The van der Waals surface area contributed by atoms with Crippen LogP contribution in [0, 0.1) is 12.3 Å². The maximum Gasteiger partial charge on any atom is 0.151 e. The first-order valence-electron chi connectivity index (χ1n) is 4.51. The molecule has 14 heavy (non-hydrogen) atoms. The molecule has 0 saturated carbocycles. The number of benzene rings is 1. The molecule has 0 N–H and O–H groups in total. The van der Waals surface area contributed by atoms with Gasteiger partial charge in [0.05, 0.1) is 6.61 Å². The Morgan fingerprint density at radius 2 is 2.14 bits per heavy atom. The predicted octanol–water partition coefficient (Wildman–Crippen LogP) is 2.74. The molecule has 0 amide bonds. The Balaban J connectivity index is 2.91. The lowest BCUT2D eigenvalue weighted by Crippen LogP contribution is -2.23. The SMILES string of the molecule is C#CC(C)(OCC=C)c1ccccc1. The Labute approximate surface area is 85.4 Å². The van der Waals surface area contributed by atoms with E-state index >= 15 is 0 Å². The van der Waals surface area contributed by atoms with Gasteiger partial charge < -0.3 is 4.74 Å². The number of rotatable bonds is 4. The molecule has 0 bridgehead atoms. The molecule has 0 aliphatic carbocycles. The topological polar surface area (TPSA) is 9.23 Å². The molecule has 0 aliphatic rings. The first kappa shape index (κ1) is 10.6. The van der Waals surface area contributed by atoms with E-state index in [9.17, 15) is 0 Å². The highest BCUT2D eigenvalue weighted by Gasteiger charge is 2.23. The second-order valence-corrected chi connectivity index (χ2v) is 3.14. The summed E-state index contributed by atoms with van der Waals surface area (Å²) in [6.07, 6.45) is 7.16. The van der Waals surface area contributed by atoms with Gasteiger partial charge in [0.25, 0.3) is 0 Å². The maximum absolute atomic E-state index is 5.56. The van der Waals surface area contributed by atoms with E-state index in [0.29, 0.717) is 6.61 Å². The summed E-state index contributed by atoms with van der Waals surface area (Å²) in [6, 6.07) is 9.77. The van der Waals surface area contributed by atoms with E-state index in [1.807, 2.05) is 37.3 Å². The highest BCUT2D eigenvalue weighted by atomic mass is 16.5. The lowest BCUT2D eigenvalue weighted by atomic mass is 9.97. The molecule has 72 valence electrons. The monoisotopic (exact) mass is 186 g/mol. The number of hydrogen-bond acceptors (Lipinski definition) is 1. The first-order chi connectivity index (χ1) is 6.73. The van der Waals surface area contributed by atoms with Crippen LogP contribution in [0.25, 0.3) is 0 Å².